The lowest BCUT2D eigenvalue weighted by atomic mass is 9.80. The average molecular weight is 999 g/mol. The number of H-pyrrole nitrogens is 1. The van der Waals surface area contributed by atoms with Gasteiger partial charge in [-0.25, -0.2) is 8.42 Å². The summed E-state index contributed by atoms with van der Waals surface area (Å²) in [6, 6.07) is 15.1. The van der Waals surface area contributed by atoms with E-state index in [1.165, 1.54) is 48.5 Å². The first-order valence-electron chi connectivity index (χ1n) is 18.4. The van der Waals surface area contributed by atoms with Crippen molar-refractivity contribution in [1.29, 1.82) is 0 Å². The molecule has 6 N–H and O–H groups in total. The van der Waals surface area contributed by atoms with Crippen LogP contribution in [0.5, 0.6) is 0 Å². The van der Waals surface area contributed by atoms with Crippen LogP contribution in [0.4, 0.5) is 11.4 Å². The lowest BCUT2D eigenvalue weighted by Gasteiger charge is -2.25. The van der Waals surface area contributed by atoms with Gasteiger partial charge in [-0.3, -0.25) is 42.2 Å². The van der Waals surface area contributed by atoms with Crippen LogP contribution in [-0.4, -0.2) is 94.2 Å². The summed E-state index contributed by atoms with van der Waals surface area (Å²) in [6.07, 6.45) is -0.759. The van der Waals surface area contributed by atoms with Gasteiger partial charge >= 0.3 is 0 Å². The third-order valence-electron chi connectivity index (χ3n) is 10.8. The molecule has 0 spiro atoms. The Morgan fingerprint density at radius 1 is 0.561 bits per heavy atom. The predicted octanol–water partition coefficient (Wildman–Crippen LogP) is 3.56. The molecular formula is C40H26N2O19S5. The lowest BCUT2D eigenvalue weighted by Crippen LogP contribution is -2.25. The Morgan fingerprint density at radius 2 is 1.11 bits per heavy atom. The summed E-state index contributed by atoms with van der Waals surface area (Å²) in [6.45, 7) is 0. The summed E-state index contributed by atoms with van der Waals surface area (Å²) in [5.74, 6) is -6.59. The summed E-state index contributed by atoms with van der Waals surface area (Å²) in [7, 11) is -27.1. The van der Waals surface area contributed by atoms with E-state index >= 15 is 0 Å². The van der Waals surface area contributed by atoms with Gasteiger partial charge in [0.15, 0.2) is 33.0 Å². The van der Waals surface area contributed by atoms with E-state index in [0.717, 1.165) is 18.2 Å². The van der Waals surface area contributed by atoms with Crippen molar-refractivity contribution in [1.82, 2.24) is 4.98 Å². The molecular weight excluding hydrogens is 973 g/mol. The Hall–Kier alpha value is -6.62. The van der Waals surface area contributed by atoms with Crippen LogP contribution in [0.3, 0.4) is 0 Å². The van der Waals surface area contributed by atoms with Crippen LogP contribution < -0.4 is 10.9 Å². The van der Waals surface area contributed by atoms with Crippen molar-refractivity contribution in [3.63, 3.8) is 0 Å². The highest BCUT2D eigenvalue weighted by Crippen LogP contribution is 2.46. The molecule has 0 radical (unpaired) electrons. The van der Waals surface area contributed by atoms with Crippen molar-refractivity contribution >= 4 is 95.7 Å². The van der Waals surface area contributed by atoms with E-state index in [4.69, 9.17) is 0 Å². The second-order valence-electron chi connectivity index (χ2n) is 14.7. The summed E-state index contributed by atoms with van der Waals surface area (Å²) < 4.78 is 170. The zero-order valence-electron chi connectivity index (χ0n) is 32.6. The van der Waals surface area contributed by atoms with Crippen LogP contribution in [0, 0.1) is 5.92 Å². The number of rotatable bonds is 12. The highest BCUT2D eigenvalue weighted by atomic mass is 32.2. The van der Waals surface area contributed by atoms with Gasteiger partial charge in [-0.15, -0.1) is 0 Å². The molecule has 5 aromatic carbocycles. The fourth-order valence-corrected chi connectivity index (χ4v) is 12.6. The number of aromatic nitrogens is 1. The number of hydrogen-bond donors (Lipinski definition) is 6. The number of pyridine rings is 1. The van der Waals surface area contributed by atoms with E-state index in [0.29, 0.717) is 12.1 Å². The van der Waals surface area contributed by atoms with Crippen LogP contribution in [0.25, 0.3) is 22.0 Å². The topological polar surface area (TPSA) is 365 Å². The third-order valence-corrected chi connectivity index (χ3v) is 16.2. The normalized spacial score (nSPS) is 14.3. The third kappa shape index (κ3) is 7.75. The van der Waals surface area contributed by atoms with E-state index < -0.39 is 166 Å². The molecule has 6 aromatic rings. The maximum Gasteiger partial charge on any atom is 0.296 e. The molecule has 8 rings (SSSR count). The first-order valence-corrected chi connectivity index (χ1v) is 25.8. The van der Waals surface area contributed by atoms with Crippen LogP contribution in [0.2, 0.25) is 0 Å². The predicted molar refractivity (Wildman–Crippen MR) is 228 cm³/mol. The minimum atomic E-state index is -5.74. The molecule has 340 valence electrons. The summed E-state index contributed by atoms with van der Waals surface area (Å²) in [4.78, 5) is 64.5. The van der Waals surface area contributed by atoms with Crippen molar-refractivity contribution in [3.05, 3.63) is 135 Å². The van der Waals surface area contributed by atoms with Crippen molar-refractivity contribution in [2.24, 2.45) is 5.92 Å². The highest BCUT2D eigenvalue weighted by Gasteiger charge is 2.41. The Bertz CT molecular complexity index is 3880. The Kier molecular flexibility index (Phi) is 10.8. The number of carbonyl (C=O) groups excluding carboxylic acids is 4. The average Bonchev–Trinajstić information content (AvgIpc) is 3.47. The molecule has 1 aromatic heterocycles. The van der Waals surface area contributed by atoms with Gasteiger partial charge in [0.2, 0.25) is 0 Å². The van der Waals surface area contributed by atoms with Gasteiger partial charge in [0.05, 0.1) is 49.5 Å². The van der Waals surface area contributed by atoms with Gasteiger partial charge in [-0.1, -0.05) is 60.7 Å². The first kappa shape index (κ1) is 45.9. The smallest absolute Gasteiger partial charge is 0.296 e. The second-order valence-corrected chi connectivity index (χ2v) is 22.4. The molecule has 26 heteroatoms. The lowest BCUT2D eigenvalue weighted by molar-refractivity contribution is 0.0834. The van der Waals surface area contributed by atoms with Crippen molar-refractivity contribution in [3.8, 4) is 11.1 Å². The molecule has 0 unspecified atom stereocenters. The van der Waals surface area contributed by atoms with Crippen molar-refractivity contribution in [2.75, 3.05) is 11.1 Å². The summed E-state index contributed by atoms with van der Waals surface area (Å²) >= 11 is 0. The molecule has 2 aliphatic carbocycles. The van der Waals surface area contributed by atoms with Gasteiger partial charge in [0.1, 0.15) is 14.7 Å². The molecule has 66 heavy (non-hydrogen) atoms. The van der Waals surface area contributed by atoms with Crippen molar-refractivity contribution < 1.29 is 79.5 Å². The molecule has 0 saturated carbocycles. The second kappa shape index (κ2) is 15.5. The first-order chi connectivity index (χ1) is 30.6. The quantitative estimate of drug-likeness (QED) is 0.0579. The Labute approximate surface area is 372 Å². The number of Topliss-reactive ketones (excluding diaryl/α,β-unsaturated/α-hetero) is 2. The molecule has 2 aliphatic rings. The molecule has 0 fully saturated rings. The minimum Gasteiger partial charge on any atom is -0.354 e. The maximum absolute atomic E-state index is 14.5. The van der Waals surface area contributed by atoms with Crippen LogP contribution >= 0.6 is 0 Å². The monoisotopic (exact) mass is 998 g/mol. The number of carbonyl (C=O) groups is 4. The SMILES string of the molecule is O=C(c1cccc(S(=O)(=O)O)c1)c1c2c3c(c(Nc4cc(S(=O)(=O)CCC5C(=O)c6ccccc6C5=O)c(S(=O)(=O)O)cc4S(=O)(=O)O)cc(S(=O)(=O)O)c3[nH]c1=O)C(=O)c1ccccc1-2. The zero-order chi connectivity index (χ0) is 48.2. The van der Waals surface area contributed by atoms with Gasteiger partial charge in [-0.2, -0.15) is 33.7 Å². The number of hydrogen-bond acceptors (Lipinski definition) is 16. The molecule has 0 atom stereocenters. The van der Waals surface area contributed by atoms with Crippen LogP contribution in [-0.2, 0) is 50.3 Å². The largest absolute Gasteiger partial charge is 0.354 e. The standard InChI is InChI=1S/C40H26N2O19S5/c43-36(18-6-5-7-19(14-18)63(50,51)52)34-31-20-8-1-2-9-21(20)39(46)32-26(16-30(66(59,60)61)35(33(31)32)42-40(34)47)41-25-15-28(29(65(56,57)58)17-27(25)64(53,54)55)62(48,49)13-12-24-37(44)22-10-3-4-11-23(22)38(24)45/h1-11,14-17,24,41H,12-13H2,(H,42,47)(H,50,51,52)(H,53,54,55)(H,56,57,58)(H,59,60,61). The summed E-state index contributed by atoms with van der Waals surface area (Å²) in [5.41, 5.74) is -7.30. The van der Waals surface area contributed by atoms with Gasteiger partial charge in [-0.05, 0) is 42.3 Å². The Balaban J connectivity index is 1.38. The number of benzene rings is 5. The number of fused-ring (bicyclic) bond motifs is 3. The molecule has 21 nitrogen and oxygen atoms in total. The highest BCUT2D eigenvalue weighted by molar-refractivity contribution is 7.93. The molecule has 0 amide bonds. The van der Waals surface area contributed by atoms with Crippen LogP contribution in [0.1, 0.15) is 59.0 Å². The number of ketones is 4. The summed E-state index contributed by atoms with van der Waals surface area (Å²) in [5, 5.41) is 1.67. The zero-order valence-corrected chi connectivity index (χ0v) is 36.7. The molecule has 0 bridgehead atoms. The molecule has 0 aliphatic heterocycles. The van der Waals surface area contributed by atoms with Gasteiger partial charge < -0.3 is 10.3 Å². The molecule has 1 heterocycles. The van der Waals surface area contributed by atoms with Gasteiger partial charge in [0.25, 0.3) is 46.0 Å². The fourth-order valence-electron chi connectivity index (χ4n) is 7.94. The van der Waals surface area contributed by atoms with E-state index in [-0.39, 0.29) is 34.4 Å². The van der Waals surface area contributed by atoms with E-state index in [1.54, 1.807) is 0 Å². The number of nitrogens with one attached hydrogen (secondary N) is 2. The minimum absolute atomic E-state index is 0.00932. The maximum atomic E-state index is 14.5. The van der Waals surface area contributed by atoms with Crippen LogP contribution in [0.15, 0.2) is 120 Å². The van der Waals surface area contributed by atoms with Gasteiger partial charge in [0, 0.05) is 33.2 Å². The number of sulfone groups is 1. The number of anilines is 2. The van der Waals surface area contributed by atoms with E-state index in [2.05, 4.69) is 10.3 Å². The van der Waals surface area contributed by atoms with Crippen molar-refractivity contribution in [2.45, 2.75) is 30.9 Å². The fraction of sp³-hybridized carbons (Fsp3) is 0.0750. The Morgan fingerprint density at radius 3 is 1.67 bits per heavy atom. The number of aromatic amines is 1. The van der Waals surface area contributed by atoms with E-state index in [9.17, 15) is 84.3 Å². The molecule has 0 saturated heterocycles. The van der Waals surface area contributed by atoms with E-state index in [1.807, 2.05) is 0 Å².